The monoisotopic (exact) mass is 373 g/mol. The Morgan fingerprint density at radius 3 is 2.78 bits per heavy atom. The van der Waals surface area contributed by atoms with Crippen molar-refractivity contribution in [2.24, 2.45) is 0 Å². The van der Waals surface area contributed by atoms with Crippen LogP contribution in [0, 0.1) is 5.82 Å². The highest BCUT2D eigenvalue weighted by Gasteiger charge is 2.31. The Morgan fingerprint density at radius 2 is 2.04 bits per heavy atom. The maximum absolute atomic E-state index is 13.9. The molecule has 0 radical (unpaired) electrons. The molecular formula is C21H24FNO4. The number of esters is 1. The number of likely N-dealkylation sites (tertiary alicyclic amines) is 1. The van der Waals surface area contributed by atoms with E-state index in [1.54, 1.807) is 25.1 Å². The van der Waals surface area contributed by atoms with Gasteiger partial charge in [-0.15, -0.1) is 0 Å². The standard InChI is InChI=1S/C21H24FNO4/c1-3-15-8-6-7-13-23(15)20(24)14(2)26-21(25)19-12-11-18(27-19)16-9-4-5-10-17(16)22/h4-5,9-12,14-15H,3,6-8,13H2,1-2H3/t14-,15+/m1/s1. The van der Waals surface area contributed by atoms with E-state index in [0.29, 0.717) is 6.54 Å². The molecule has 1 fully saturated rings. The highest BCUT2D eigenvalue weighted by atomic mass is 19.1. The molecule has 0 saturated carbocycles. The second-order valence-electron chi connectivity index (χ2n) is 6.78. The van der Waals surface area contributed by atoms with Gasteiger partial charge in [0.2, 0.25) is 5.76 Å². The third-order valence-corrected chi connectivity index (χ3v) is 4.96. The highest BCUT2D eigenvalue weighted by molar-refractivity contribution is 5.90. The molecule has 0 unspecified atom stereocenters. The van der Waals surface area contributed by atoms with Crippen molar-refractivity contribution in [2.75, 3.05) is 6.54 Å². The number of hydrogen-bond donors (Lipinski definition) is 0. The zero-order chi connectivity index (χ0) is 19.4. The lowest BCUT2D eigenvalue weighted by Gasteiger charge is -2.36. The van der Waals surface area contributed by atoms with Crippen LogP contribution in [0.25, 0.3) is 11.3 Å². The predicted octanol–water partition coefficient (Wildman–Crippen LogP) is 4.42. The third-order valence-electron chi connectivity index (χ3n) is 4.96. The van der Waals surface area contributed by atoms with Crippen LogP contribution in [0.2, 0.25) is 0 Å². The van der Waals surface area contributed by atoms with Crippen LogP contribution in [0.4, 0.5) is 4.39 Å². The van der Waals surface area contributed by atoms with Crippen molar-refractivity contribution in [3.8, 4) is 11.3 Å². The second-order valence-corrected chi connectivity index (χ2v) is 6.78. The molecular weight excluding hydrogens is 349 g/mol. The molecule has 2 atom stereocenters. The van der Waals surface area contributed by atoms with Gasteiger partial charge < -0.3 is 14.1 Å². The first-order chi connectivity index (χ1) is 13.0. The van der Waals surface area contributed by atoms with E-state index >= 15 is 0 Å². The average Bonchev–Trinajstić information content (AvgIpc) is 3.17. The van der Waals surface area contributed by atoms with Crippen molar-refractivity contribution in [2.45, 2.75) is 51.7 Å². The average molecular weight is 373 g/mol. The number of hydrogen-bond acceptors (Lipinski definition) is 4. The summed E-state index contributed by atoms with van der Waals surface area (Å²) in [6.07, 6.45) is 3.05. The molecule has 144 valence electrons. The molecule has 6 heteroatoms. The van der Waals surface area contributed by atoms with Gasteiger partial charge in [-0.1, -0.05) is 19.1 Å². The molecule has 3 rings (SSSR count). The summed E-state index contributed by atoms with van der Waals surface area (Å²) in [7, 11) is 0. The molecule has 5 nitrogen and oxygen atoms in total. The summed E-state index contributed by atoms with van der Waals surface area (Å²) >= 11 is 0. The number of piperidine rings is 1. The fraction of sp³-hybridized carbons (Fsp3) is 0.429. The summed E-state index contributed by atoms with van der Waals surface area (Å²) in [5.74, 6) is -1.18. The number of carbonyl (C=O) groups excluding carboxylic acids is 2. The molecule has 1 aliphatic heterocycles. The predicted molar refractivity (Wildman–Crippen MR) is 98.6 cm³/mol. The zero-order valence-corrected chi connectivity index (χ0v) is 15.6. The quantitative estimate of drug-likeness (QED) is 0.728. The summed E-state index contributed by atoms with van der Waals surface area (Å²) in [6, 6.07) is 9.28. The van der Waals surface area contributed by atoms with E-state index in [4.69, 9.17) is 9.15 Å². The number of amides is 1. The summed E-state index contributed by atoms with van der Waals surface area (Å²) in [6.45, 7) is 4.32. The highest BCUT2D eigenvalue weighted by Crippen LogP contribution is 2.26. The molecule has 0 bridgehead atoms. The van der Waals surface area contributed by atoms with Gasteiger partial charge in [0.15, 0.2) is 6.10 Å². The van der Waals surface area contributed by atoms with Crippen LogP contribution in [0.3, 0.4) is 0 Å². The summed E-state index contributed by atoms with van der Waals surface area (Å²) in [4.78, 5) is 26.8. The Hall–Kier alpha value is -2.63. The molecule has 2 aromatic rings. The lowest BCUT2D eigenvalue weighted by molar-refractivity contribution is -0.143. The molecule has 0 aliphatic carbocycles. The van der Waals surface area contributed by atoms with Crippen molar-refractivity contribution in [3.63, 3.8) is 0 Å². The van der Waals surface area contributed by atoms with Crippen LogP contribution in [0.1, 0.15) is 50.1 Å². The summed E-state index contributed by atoms with van der Waals surface area (Å²) < 4.78 is 24.6. The number of halogens is 1. The van der Waals surface area contributed by atoms with Gasteiger partial charge in [-0.25, -0.2) is 9.18 Å². The first-order valence-electron chi connectivity index (χ1n) is 9.37. The number of nitrogens with zero attached hydrogens (tertiary/aromatic N) is 1. The van der Waals surface area contributed by atoms with Gasteiger partial charge in [0, 0.05) is 12.6 Å². The molecule has 1 aliphatic rings. The minimum Gasteiger partial charge on any atom is -0.449 e. The van der Waals surface area contributed by atoms with E-state index in [1.165, 1.54) is 18.2 Å². The van der Waals surface area contributed by atoms with Crippen molar-refractivity contribution in [1.82, 2.24) is 4.90 Å². The van der Waals surface area contributed by atoms with Crippen molar-refractivity contribution >= 4 is 11.9 Å². The van der Waals surface area contributed by atoms with Gasteiger partial charge in [-0.05, 0) is 56.9 Å². The molecule has 27 heavy (non-hydrogen) atoms. The van der Waals surface area contributed by atoms with E-state index in [2.05, 4.69) is 6.92 Å². The fourth-order valence-electron chi connectivity index (χ4n) is 3.47. The van der Waals surface area contributed by atoms with Gasteiger partial charge >= 0.3 is 5.97 Å². The Bertz CT molecular complexity index is 816. The molecule has 0 spiro atoms. The molecule has 1 amide bonds. The van der Waals surface area contributed by atoms with E-state index in [1.807, 2.05) is 4.90 Å². The topological polar surface area (TPSA) is 59.8 Å². The minimum absolute atomic E-state index is 0.0569. The third kappa shape index (κ3) is 4.21. The van der Waals surface area contributed by atoms with Crippen molar-refractivity contribution in [1.29, 1.82) is 0 Å². The Morgan fingerprint density at radius 1 is 1.26 bits per heavy atom. The maximum atomic E-state index is 13.9. The number of furan rings is 1. The Balaban J connectivity index is 1.66. The molecule has 1 aromatic heterocycles. The van der Waals surface area contributed by atoms with Crippen LogP contribution in [0.15, 0.2) is 40.8 Å². The van der Waals surface area contributed by atoms with E-state index in [9.17, 15) is 14.0 Å². The summed E-state index contributed by atoms with van der Waals surface area (Å²) in [5, 5.41) is 0. The van der Waals surface area contributed by atoms with E-state index in [-0.39, 0.29) is 29.0 Å². The Kier molecular flexibility index (Phi) is 5.94. The number of carbonyl (C=O) groups is 2. The first-order valence-corrected chi connectivity index (χ1v) is 9.37. The number of benzene rings is 1. The van der Waals surface area contributed by atoms with Crippen molar-refractivity contribution in [3.05, 3.63) is 48.0 Å². The van der Waals surface area contributed by atoms with Gasteiger partial charge in [-0.2, -0.15) is 0 Å². The molecule has 2 heterocycles. The smallest absolute Gasteiger partial charge is 0.375 e. The lowest BCUT2D eigenvalue weighted by Crippen LogP contribution is -2.48. The van der Waals surface area contributed by atoms with Gasteiger partial charge in [0.05, 0.1) is 5.56 Å². The van der Waals surface area contributed by atoms with Crippen LogP contribution in [0.5, 0.6) is 0 Å². The SMILES string of the molecule is CC[C@H]1CCCCN1C(=O)[C@@H](C)OC(=O)c1ccc(-c2ccccc2F)o1. The Labute approximate surface area is 158 Å². The van der Waals surface area contributed by atoms with Crippen LogP contribution in [-0.2, 0) is 9.53 Å². The van der Waals surface area contributed by atoms with Crippen LogP contribution < -0.4 is 0 Å². The van der Waals surface area contributed by atoms with E-state index in [0.717, 1.165) is 25.7 Å². The van der Waals surface area contributed by atoms with Crippen molar-refractivity contribution < 1.29 is 23.1 Å². The second kappa shape index (κ2) is 8.37. The zero-order valence-electron chi connectivity index (χ0n) is 15.6. The van der Waals surface area contributed by atoms with E-state index < -0.39 is 17.9 Å². The van der Waals surface area contributed by atoms with Crippen LogP contribution >= 0.6 is 0 Å². The largest absolute Gasteiger partial charge is 0.449 e. The summed E-state index contributed by atoms with van der Waals surface area (Å²) in [5.41, 5.74) is 0.264. The minimum atomic E-state index is -0.897. The van der Waals surface area contributed by atoms with Gasteiger partial charge in [-0.3, -0.25) is 4.79 Å². The number of rotatable bonds is 5. The molecule has 1 aromatic carbocycles. The molecule has 0 N–H and O–H groups in total. The van der Waals surface area contributed by atoms with Crippen LogP contribution in [-0.4, -0.2) is 35.5 Å². The first kappa shape index (κ1) is 19.1. The molecule has 1 saturated heterocycles. The van der Waals surface area contributed by atoms with Gasteiger partial charge in [0.25, 0.3) is 5.91 Å². The lowest BCUT2D eigenvalue weighted by atomic mass is 9.99. The van der Waals surface area contributed by atoms with Gasteiger partial charge in [0.1, 0.15) is 11.6 Å². The number of ether oxygens (including phenoxy) is 1. The fourth-order valence-corrected chi connectivity index (χ4v) is 3.47. The maximum Gasteiger partial charge on any atom is 0.375 e. The normalized spacial score (nSPS) is 18.2.